The van der Waals surface area contributed by atoms with Crippen LogP contribution in [-0.4, -0.2) is 51.0 Å². The number of nitrogens with one attached hydrogen (secondary N) is 1. The highest BCUT2D eigenvalue weighted by Gasteiger charge is 2.44. The van der Waals surface area contributed by atoms with Gasteiger partial charge < -0.3 is 10.1 Å². The summed E-state index contributed by atoms with van der Waals surface area (Å²) in [6.07, 6.45) is 0. The molecule has 180 valence electrons. The fraction of sp³-hybridized carbons (Fsp3) is 0.269. The molecule has 9 heteroatoms. The average molecular weight is 475 g/mol. The number of hydrogen-bond donors (Lipinski definition) is 1. The zero-order chi connectivity index (χ0) is 25.3. The molecule has 0 unspecified atom stereocenters. The van der Waals surface area contributed by atoms with Crippen LogP contribution in [0.25, 0.3) is 5.69 Å². The summed E-state index contributed by atoms with van der Waals surface area (Å²) in [5.41, 5.74) is 3.04. The van der Waals surface area contributed by atoms with Crippen LogP contribution in [0, 0.1) is 19.8 Å². The molecule has 3 aromatic rings. The SMILES string of the molecule is Cc1ccc(-n2nc(C)cc2NC(=O)COC(=O)[C@H](C(C)C)N2C(=O)c3ccccc3C2=O)cc1. The van der Waals surface area contributed by atoms with Crippen molar-refractivity contribution in [2.75, 3.05) is 11.9 Å². The maximum absolute atomic E-state index is 12.9. The first-order valence-electron chi connectivity index (χ1n) is 11.2. The number of hydrogen-bond acceptors (Lipinski definition) is 6. The van der Waals surface area contributed by atoms with Crippen molar-refractivity contribution in [2.24, 2.45) is 5.92 Å². The number of esters is 1. The van der Waals surface area contributed by atoms with Crippen molar-refractivity contribution in [3.05, 3.63) is 77.0 Å². The van der Waals surface area contributed by atoms with Crippen LogP contribution >= 0.6 is 0 Å². The van der Waals surface area contributed by atoms with Crippen molar-refractivity contribution in [2.45, 2.75) is 33.7 Å². The number of rotatable bonds is 7. The molecule has 1 atom stereocenters. The summed E-state index contributed by atoms with van der Waals surface area (Å²) in [7, 11) is 0. The summed E-state index contributed by atoms with van der Waals surface area (Å²) in [6, 6.07) is 14.6. The Hall–Kier alpha value is -4.27. The fourth-order valence-electron chi connectivity index (χ4n) is 4.01. The third-order valence-electron chi connectivity index (χ3n) is 5.70. The first kappa shape index (κ1) is 23.9. The van der Waals surface area contributed by atoms with E-state index in [1.165, 1.54) is 0 Å². The molecule has 4 rings (SSSR count). The van der Waals surface area contributed by atoms with E-state index in [9.17, 15) is 19.2 Å². The molecular weight excluding hydrogens is 448 g/mol. The molecule has 1 aliphatic rings. The molecule has 0 saturated heterocycles. The number of fused-ring (bicyclic) bond motifs is 1. The van der Waals surface area contributed by atoms with Gasteiger partial charge in [0.05, 0.1) is 22.5 Å². The summed E-state index contributed by atoms with van der Waals surface area (Å²) < 4.78 is 6.84. The highest BCUT2D eigenvalue weighted by atomic mass is 16.5. The van der Waals surface area contributed by atoms with E-state index in [2.05, 4.69) is 10.4 Å². The Balaban J connectivity index is 1.45. The number of imide groups is 1. The first-order chi connectivity index (χ1) is 16.7. The van der Waals surface area contributed by atoms with Crippen LogP contribution in [-0.2, 0) is 14.3 Å². The average Bonchev–Trinajstić information content (AvgIpc) is 3.30. The number of nitrogens with zero attached hydrogens (tertiary/aromatic N) is 3. The van der Waals surface area contributed by atoms with Crippen LogP contribution in [0.1, 0.15) is 45.8 Å². The minimum absolute atomic E-state index is 0.244. The summed E-state index contributed by atoms with van der Waals surface area (Å²) in [5.74, 6) is -2.50. The number of ether oxygens (including phenoxy) is 1. The summed E-state index contributed by atoms with van der Waals surface area (Å²) in [4.78, 5) is 52.1. The largest absolute Gasteiger partial charge is 0.454 e. The number of carbonyl (C=O) groups is 4. The van der Waals surface area contributed by atoms with E-state index in [1.807, 2.05) is 31.2 Å². The third-order valence-corrected chi connectivity index (χ3v) is 5.70. The topological polar surface area (TPSA) is 111 Å². The molecule has 0 saturated carbocycles. The lowest BCUT2D eigenvalue weighted by Crippen LogP contribution is -2.49. The zero-order valence-corrected chi connectivity index (χ0v) is 19.9. The Morgan fingerprint density at radius 1 is 0.971 bits per heavy atom. The minimum Gasteiger partial charge on any atom is -0.454 e. The number of anilines is 1. The lowest BCUT2D eigenvalue weighted by atomic mass is 10.0. The first-order valence-corrected chi connectivity index (χ1v) is 11.2. The Labute approximate surface area is 202 Å². The van der Waals surface area contributed by atoms with Crippen molar-refractivity contribution in [1.29, 1.82) is 0 Å². The molecule has 2 heterocycles. The van der Waals surface area contributed by atoms with Gasteiger partial charge in [-0.25, -0.2) is 9.48 Å². The molecule has 1 N–H and O–H groups in total. The van der Waals surface area contributed by atoms with Gasteiger partial charge in [0, 0.05) is 6.07 Å². The Morgan fingerprint density at radius 2 is 1.57 bits per heavy atom. The van der Waals surface area contributed by atoms with E-state index in [-0.39, 0.29) is 11.1 Å². The van der Waals surface area contributed by atoms with Gasteiger partial charge in [0.1, 0.15) is 11.9 Å². The van der Waals surface area contributed by atoms with Gasteiger partial charge in [-0.1, -0.05) is 43.7 Å². The van der Waals surface area contributed by atoms with Crippen molar-refractivity contribution in [1.82, 2.24) is 14.7 Å². The van der Waals surface area contributed by atoms with E-state index >= 15 is 0 Å². The highest BCUT2D eigenvalue weighted by molar-refractivity contribution is 6.22. The molecule has 0 aliphatic carbocycles. The van der Waals surface area contributed by atoms with E-state index in [0.29, 0.717) is 11.5 Å². The Bertz CT molecular complexity index is 1270. The Morgan fingerprint density at radius 3 is 2.14 bits per heavy atom. The number of amides is 3. The summed E-state index contributed by atoms with van der Waals surface area (Å²) in [5, 5.41) is 7.12. The predicted molar refractivity (Wildman–Crippen MR) is 128 cm³/mol. The summed E-state index contributed by atoms with van der Waals surface area (Å²) in [6.45, 7) is 6.61. The standard InChI is InChI=1S/C26H26N4O5/c1-15(2)23(29-24(32)19-7-5-6-8-20(19)25(29)33)26(34)35-14-22(31)27-21-13-17(4)28-30(21)18-11-9-16(3)10-12-18/h5-13,15,23H,14H2,1-4H3,(H,27,31)/t23-/m0/s1. The molecule has 0 bridgehead atoms. The predicted octanol–water partition coefficient (Wildman–Crippen LogP) is 3.29. The zero-order valence-electron chi connectivity index (χ0n) is 19.9. The van der Waals surface area contributed by atoms with Gasteiger partial charge in [0.2, 0.25) is 0 Å². The molecule has 3 amide bonds. The lowest BCUT2D eigenvalue weighted by Gasteiger charge is -2.27. The van der Waals surface area contributed by atoms with Gasteiger partial charge in [-0.15, -0.1) is 0 Å². The van der Waals surface area contributed by atoms with Gasteiger partial charge in [-0.3, -0.25) is 19.3 Å². The number of carbonyl (C=O) groups excluding carboxylic acids is 4. The quantitative estimate of drug-likeness (QED) is 0.416. The second-order valence-electron chi connectivity index (χ2n) is 8.79. The van der Waals surface area contributed by atoms with E-state index in [4.69, 9.17) is 4.74 Å². The van der Waals surface area contributed by atoms with Crippen molar-refractivity contribution in [3.8, 4) is 5.69 Å². The van der Waals surface area contributed by atoms with Crippen molar-refractivity contribution < 1.29 is 23.9 Å². The Kier molecular flexibility index (Phi) is 6.50. The fourth-order valence-corrected chi connectivity index (χ4v) is 4.01. The second-order valence-corrected chi connectivity index (χ2v) is 8.79. The van der Waals surface area contributed by atoms with E-state index < -0.39 is 42.3 Å². The third kappa shape index (κ3) is 4.70. The van der Waals surface area contributed by atoms with Crippen molar-refractivity contribution in [3.63, 3.8) is 0 Å². The molecule has 1 aliphatic heterocycles. The highest BCUT2D eigenvalue weighted by Crippen LogP contribution is 2.27. The van der Waals surface area contributed by atoms with Gasteiger partial charge in [-0.05, 0) is 44.0 Å². The van der Waals surface area contributed by atoms with Crippen LogP contribution in [0.15, 0.2) is 54.6 Å². The maximum Gasteiger partial charge on any atom is 0.330 e. The van der Waals surface area contributed by atoms with E-state index in [1.54, 1.807) is 55.8 Å². The monoisotopic (exact) mass is 474 g/mol. The number of benzene rings is 2. The van der Waals surface area contributed by atoms with Crippen LogP contribution in [0.3, 0.4) is 0 Å². The van der Waals surface area contributed by atoms with Crippen LogP contribution in [0.2, 0.25) is 0 Å². The molecule has 2 aromatic carbocycles. The lowest BCUT2D eigenvalue weighted by molar-refractivity contribution is -0.152. The van der Waals surface area contributed by atoms with Gasteiger partial charge in [0.15, 0.2) is 6.61 Å². The van der Waals surface area contributed by atoms with Gasteiger partial charge >= 0.3 is 5.97 Å². The normalized spacial score (nSPS) is 13.7. The minimum atomic E-state index is -1.16. The molecule has 1 aromatic heterocycles. The molecule has 0 radical (unpaired) electrons. The van der Waals surface area contributed by atoms with Crippen LogP contribution in [0.4, 0.5) is 5.82 Å². The molecule has 9 nitrogen and oxygen atoms in total. The smallest absolute Gasteiger partial charge is 0.330 e. The second kappa shape index (κ2) is 9.54. The molecule has 35 heavy (non-hydrogen) atoms. The molecule has 0 spiro atoms. The van der Waals surface area contributed by atoms with Crippen LogP contribution < -0.4 is 5.32 Å². The van der Waals surface area contributed by atoms with Crippen molar-refractivity contribution >= 4 is 29.5 Å². The van der Waals surface area contributed by atoms with Gasteiger partial charge in [0.25, 0.3) is 17.7 Å². The number of aromatic nitrogens is 2. The molecule has 0 fully saturated rings. The van der Waals surface area contributed by atoms with Crippen LogP contribution in [0.5, 0.6) is 0 Å². The molecular formula is C26H26N4O5. The maximum atomic E-state index is 12.9. The van der Waals surface area contributed by atoms with Gasteiger partial charge in [-0.2, -0.15) is 5.10 Å². The number of aryl methyl sites for hydroxylation is 2. The van der Waals surface area contributed by atoms with E-state index in [0.717, 1.165) is 16.2 Å². The summed E-state index contributed by atoms with van der Waals surface area (Å²) >= 11 is 0.